The maximum atomic E-state index is 5.69. The Morgan fingerprint density at radius 2 is 1.85 bits per heavy atom. The van der Waals surface area contributed by atoms with Crippen LogP contribution in [0, 0.1) is 23.7 Å². The van der Waals surface area contributed by atoms with Gasteiger partial charge >= 0.3 is 0 Å². The number of ether oxygens (including phenoxy) is 1. The second-order valence-electron chi connectivity index (χ2n) is 7.90. The van der Waals surface area contributed by atoms with Crippen LogP contribution in [0.4, 0.5) is 0 Å². The largest absolute Gasteiger partial charge is 0.381 e. The molecule has 0 bridgehead atoms. The SMILES string of the molecule is COC1CCC(C)C(C2CC(C)CCN2CC(C)C)C1. The molecule has 2 rings (SSSR count). The molecule has 1 saturated heterocycles. The van der Waals surface area contributed by atoms with Crippen LogP contribution in [0.5, 0.6) is 0 Å². The van der Waals surface area contributed by atoms with E-state index in [0.29, 0.717) is 6.10 Å². The third kappa shape index (κ3) is 3.98. The lowest BCUT2D eigenvalue weighted by Gasteiger charge is -2.48. The lowest BCUT2D eigenvalue weighted by atomic mass is 9.71. The van der Waals surface area contributed by atoms with Gasteiger partial charge in [-0.25, -0.2) is 0 Å². The van der Waals surface area contributed by atoms with Gasteiger partial charge in [-0.3, -0.25) is 4.90 Å². The van der Waals surface area contributed by atoms with Crippen LogP contribution in [0.15, 0.2) is 0 Å². The zero-order valence-electron chi connectivity index (χ0n) is 14.3. The monoisotopic (exact) mass is 281 g/mol. The van der Waals surface area contributed by atoms with Crippen molar-refractivity contribution in [3.63, 3.8) is 0 Å². The normalized spacial score (nSPS) is 40.2. The van der Waals surface area contributed by atoms with E-state index in [1.807, 2.05) is 7.11 Å². The Labute approximate surface area is 126 Å². The molecular weight excluding hydrogens is 246 g/mol. The topological polar surface area (TPSA) is 12.5 Å². The third-order valence-electron chi connectivity index (χ3n) is 5.66. The fourth-order valence-corrected chi connectivity index (χ4v) is 4.44. The van der Waals surface area contributed by atoms with Crippen molar-refractivity contribution in [3.8, 4) is 0 Å². The summed E-state index contributed by atoms with van der Waals surface area (Å²) in [5.74, 6) is 3.39. The summed E-state index contributed by atoms with van der Waals surface area (Å²) < 4.78 is 5.69. The van der Waals surface area contributed by atoms with Crippen LogP contribution < -0.4 is 0 Å². The van der Waals surface area contributed by atoms with Gasteiger partial charge in [-0.2, -0.15) is 0 Å². The molecule has 2 nitrogen and oxygen atoms in total. The Morgan fingerprint density at radius 3 is 2.50 bits per heavy atom. The van der Waals surface area contributed by atoms with Crippen molar-refractivity contribution in [2.75, 3.05) is 20.2 Å². The highest BCUT2D eigenvalue weighted by Gasteiger charge is 2.38. The van der Waals surface area contributed by atoms with E-state index in [1.54, 1.807) is 0 Å². The van der Waals surface area contributed by atoms with Gasteiger partial charge in [-0.15, -0.1) is 0 Å². The average Bonchev–Trinajstić information content (AvgIpc) is 2.41. The molecule has 1 aliphatic carbocycles. The van der Waals surface area contributed by atoms with Gasteiger partial charge in [0.15, 0.2) is 0 Å². The van der Waals surface area contributed by atoms with Crippen LogP contribution in [-0.4, -0.2) is 37.2 Å². The number of likely N-dealkylation sites (tertiary alicyclic amines) is 1. The fourth-order valence-electron chi connectivity index (χ4n) is 4.44. The number of piperidine rings is 1. The van der Waals surface area contributed by atoms with Gasteiger partial charge in [0.05, 0.1) is 6.10 Å². The first-order chi connectivity index (χ1) is 9.51. The van der Waals surface area contributed by atoms with E-state index in [1.165, 1.54) is 45.2 Å². The van der Waals surface area contributed by atoms with Crippen LogP contribution in [0.1, 0.15) is 59.8 Å². The molecule has 0 radical (unpaired) electrons. The van der Waals surface area contributed by atoms with E-state index >= 15 is 0 Å². The molecule has 0 aromatic rings. The minimum absolute atomic E-state index is 0.509. The number of hydrogen-bond acceptors (Lipinski definition) is 2. The van der Waals surface area contributed by atoms with E-state index in [-0.39, 0.29) is 0 Å². The van der Waals surface area contributed by atoms with Crippen LogP contribution in [0.25, 0.3) is 0 Å². The molecule has 0 aromatic carbocycles. The first kappa shape index (κ1) is 16.3. The Morgan fingerprint density at radius 1 is 1.10 bits per heavy atom. The number of methoxy groups -OCH3 is 1. The first-order valence-corrected chi connectivity index (χ1v) is 8.78. The summed E-state index contributed by atoms with van der Waals surface area (Å²) in [6, 6.07) is 0.800. The van der Waals surface area contributed by atoms with Gasteiger partial charge in [-0.1, -0.05) is 27.7 Å². The van der Waals surface area contributed by atoms with Crippen LogP contribution >= 0.6 is 0 Å². The quantitative estimate of drug-likeness (QED) is 0.766. The molecule has 0 spiro atoms. The van der Waals surface area contributed by atoms with Crippen LogP contribution in [-0.2, 0) is 4.74 Å². The second-order valence-corrected chi connectivity index (χ2v) is 7.90. The summed E-state index contributed by atoms with van der Waals surface area (Å²) in [6.07, 6.45) is 7.19. The van der Waals surface area contributed by atoms with Crippen molar-refractivity contribution < 1.29 is 4.74 Å². The third-order valence-corrected chi connectivity index (χ3v) is 5.66. The van der Waals surface area contributed by atoms with E-state index in [2.05, 4.69) is 32.6 Å². The van der Waals surface area contributed by atoms with Crippen molar-refractivity contribution >= 4 is 0 Å². The standard InChI is InChI=1S/C18H35NO/c1-13(2)12-19-9-8-14(3)10-18(19)17-11-16(20-5)7-6-15(17)4/h13-18H,6-12H2,1-5H3. The molecule has 1 heterocycles. The Kier molecular flexibility index (Phi) is 5.92. The molecule has 1 aliphatic heterocycles. The molecule has 0 N–H and O–H groups in total. The molecule has 0 amide bonds. The predicted molar refractivity (Wildman–Crippen MR) is 85.9 cm³/mol. The summed E-state index contributed by atoms with van der Waals surface area (Å²) in [4.78, 5) is 2.81. The van der Waals surface area contributed by atoms with E-state index in [0.717, 1.165) is 29.7 Å². The highest BCUT2D eigenvalue weighted by Crippen LogP contribution is 2.39. The zero-order valence-corrected chi connectivity index (χ0v) is 14.3. The van der Waals surface area contributed by atoms with Crippen molar-refractivity contribution in [1.29, 1.82) is 0 Å². The molecule has 5 unspecified atom stereocenters. The van der Waals surface area contributed by atoms with Crippen molar-refractivity contribution in [2.24, 2.45) is 23.7 Å². The molecule has 2 heteroatoms. The predicted octanol–water partition coefficient (Wildman–Crippen LogP) is 4.19. The molecule has 118 valence electrons. The molecule has 2 fully saturated rings. The van der Waals surface area contributed by atoms with Gasteiger partial charge < -0.3 is 4.74 Å². The summed E-state index contributed by atoms with van der Waals surface area (Å²) in [5.41, 5.74) is 0. The van der Waals surface area contributed by atoms with E-state index < -0.39 is 0 Å². The van der Waals surface area contributed by atoms with Crippen molar-refractivity contribution in [3.05, 3.63) is 0 Å². The molecule has 2 aliphatic rings. The van der Waals surface area contributed by atoms with Gasteiger partial charge in [0.1, 0.15) is 0 Å². The van der Waals surface area contributed by atoms with E-state index in [9.17, 15) is 0 Å². The summed E-state index contributed by atoms with van der Waals surface area (Å²) in [6.45, 7) is 12.2. The lowest BCUT2D eigenvalue weighted by molar-refractivity contribution is -0.0219. The Bertz CT molecular complexity index is 291. The Hall–Kier alpha value is -0.0800. The number of nitrogens with zero attached hydrogens (tertiary/aromatic N) is 1. The highest BCUT2D eigenvalue weighted by molar-refractivity contribution is 4.91. The lowest BCUT2D eigenvalue weighted by Crippen LogP contribution is -2.51. The molecule has 5 atom stereocenters. The van der Waals surface area contributed by atoms with Gasteiger partial charge in [0.2, 0.25) is 0 Å². The second kappa shape index (κ2) is 7.26. The molecule has 20 heavy (non-hydrogen) atoms. The zero-order chi connectivity index (χ0) is 14.7. The Balaban J connectivity index is 2.07. The first-order valence-electron chi connectivity index (χ1n) is 8.78. The minimum Gasteiger partial charge on any atom is -0.381 e. The summed E-state index contributed by atoms with van der Waals surface area (Å²) in [7, 11) is 1.90. The maximum absolute atomic E-state index is 5.69. The number of rotatable bonds is 4. The molecular formula is C18H35NO. The van der Waals surface area contributed by atoms with Crippen molar-refractivity contribution in [1.82, 2.24) is 4.90 Å². The molecule has 0 aromatic heterocycles. The summed E-state index contributed by atoms with van der Waals surface area (Å²) in [5, 5.41) is 0. The highest BCUT2D eigenvalue weighted by atomic mass is 16.5. The van der Waals surface area contributed by atoms with Crippen molar-refractivity contribution in [2.45, 2.75) is 71.9 Å². The summed E-state index contributed by atoms with van der Waals surface area (Å²) >= 11 is 0. The van der Waals surface area contributed by atoms with Gasteiger partial charge in [-0.05, 0) is 62.3 Å². The van der Waals surface area contributed by atoms with E-state index in [4.69, 9.17) is 4.74 Å². The van der Waals surface area contributed by atoms with Crippen LogP contribution in [0.3, 0.4) is 0 Å². The maximum Gasteiger partial charge on any atom is 0.0574 e. The van der Waals surface area contributed by atoms with Gasteiger partial charge in [0.25, 0.3) is 0 Å². The number of hydrogen-bond donors (Lipinski definition) is 0. The van der Waals surface area contributed by atoms with Gasteiger partial charge in [0, 0.05) is 19.7 Å². The molecule has 1 saturated carbocycles. The average molecular weight is 281 g/mol. The minimum atomic E-state index is 0.509. The smallest absolute Gasteiger partial charge is 0.0574 e. The van der Waals surface area contributed by atoms with Crippen LogP contribution in [0.2, 0.25) is 0 Å². The fraction of sp³-hybridized carbons (Fsp3) is 1.00.